The predicted octanol–water partition coefficient (Wildman–Crippen LogP) is 4.80. The van der Waals surface area contributed by atoms with Crippen molar-refractivity contribution in [3.8, 4) is 0 Å². The Hall–Kier alpha value is -1.30. The number of carbonyl (C=O) groups excluding carboxylic acids is 1. The number of nitrogens with one attached hydrogen (secondary N) is 1. The highest BCUT2D eigenvalue weighted by Gasteiger charge is 2.41. The van der Waals surface area contributed by atoms with Gasteiger partial charge < -0.3 is 10.1 Å². The normalized spacial score (nSPS) is 16.2. The first-order valence-corrected chi connectivity index (χ1v) is 10.8. The zero-order chi connectivity index (χ0) is 18.2. The van der Waals surface area contributed by atoms with E-state index in [2.05, 4.69) is 57.6 Å². The van der Waals surface area contributed by atoms with Crippen molar-refractivity contribution in [2.45, 2.75) is 29.6 Å². The van der Waals surface area contributed by atoms with Crippen molar-refractivity contribution >= 4 is 33.6 Å². The second-order valence-corrected chi connectivity index (χ2v) is 8.56. The monoisotopic (exact) mass is 433 g/mol. The average Bonchev–Trinajstić information content (AvgIpc) is 2.69. The second kappa shape index (κ2) is 9.58. The third kappa shape index (κ3) is 4.90. The minimum atomic E-state index is -0.467. The molecule has 0 radical (unpaired) electrons. The Morgan fingerprint density at radius 2 is 1.77 bits per heavy atom. The Kier molecular flexibility index (Phi) is 7.17. The first kappa shape index (κ1) is 19.5. The van der Waals surface area contributed by atoms with Gasteiger partial charge in [0.15, 0.2) is 0 Å². The Balaban J connectivity index is 1.55. The molecule has 5 heteroatoms. The van der Waals surface area contributed by atoms with Crippen molar-refractivity contribution in [1.82, 2.24) is 5.32 Å². The lowest BCUT2D eigenvalue weighted by atomic mass is 9.73. The predicted molar refractivity (Wildman–Crippen MR) is 111 cm³/mol. The van der Waals surface area contributed by atoms with E-state index < -0.39 is 5.41 Å². The summed E-state index contributed by atoms with van der Waals surface area (Å²) in [5.74, 6) is 1.13. The van der Waals surface area contributed by atoms with Gasteiger partial charge in [-0.1, -0.05) is 46.3 Å². The van der Waals surface area contributed by atoms with Gasteiger partial charge in [-0.05, 0) is 54.8 Å². The van der Waals surface area contributed by atoms with Gasteiger partial charge in [0, 0.05) is 29.1 Å². The van der Waals surface area contributed by atoms with Crippen LogP contribution in [0.4, 0.5) is 0 Å². The summed E-state index contributed by atoms with van der Waals surface area (Å²) < 4.78 is 6.55. The van der Waals surface area contributed by atoms with E-state index in [4.69, 9.17) is 4.74 Å². The van der Waals surface area contributed by atoms with E-state index in [0.29, 0.717) is 19.8 Å². The molecule has 3 nitrogen and oxygen atoms in total. The summed E-state index contributed by atoms with van der Waals surface area (Å²) in [6.45, 7) is 1.97. The summed E-state index contributed by atoms with van der Waals surface area (Å²) in [7, 11) is 0. The smallest absolute Gasteiger partial charge is 0.230 e. The molecule has 1 amide bonds. The van der Waals surface area contributed by atoms with Crippen molar-refractivity contribution in [3.05, 3.63) is 64.6 Å². The lowest BCUT2D eigenvalue weighted by Crippen LogP contribution is -2.48. The number of thioether (sulfide) groups is 1. The molecule has 2 aromatic rings. The van der Waals surface area contributed by atoms with Crippen LogP contribution in [0.3, 0.4) is 0 Å². The van der Waals surface area contributed by atoms with Crippen LogP contribution in [0.25, 0.3) is 0 Å². The molecule has 1 heterocycles. The van der Waals surface area contributed by atoms with Gasteiger partial charge in [-0.25, -0.2) is 0 Å². The van der Waals surface area contributed by atoms with Crippen LogP contribution in [-0.2, 0) is 14.9 Å². The number of hydrogen-bond acceptors (Lipinski definition) is 3. The highest BCUT2D eigenvalue weighted by molar-refractivity contribution is 9.10. The van der Waals surface area contributed by atoms with Crippen molar-refractivity contribution in [2.75, 3.05) is 25.5 Å². The van der Waals surface area contributed by atoms with Gasteiger partial charge in [-0.2, -0.15) is 0 Å². The van der Waals surface area contributed by atoms with Crippen molar-refractivity contribution < 1.29 is 9.53 Å². The van der Waals surface area contributed by atoms with E-state index >= 15 is 0 Å². The highest BCUT2D eigenvalue weighted by Crippen LogP contribution is 2.35. The van der Waals surface area contributed by atoms with E-state index in [9.17, 15) is 4.79 Å². The number of carbonyl (C=O) groups is 1. The van der Waals surface area contributed by atoms with E-state index in [1.54, 1.807) is 0 Å². The van der Waals surface area contributed by atoms with Crippen LogP contribution in [0, 0.1) is 0 Å². The van der Waals surface area contributed by atoms with Gasteiger partial charge in [0.25, 0.3) is 0 Å². The van der Waals surface area contributed by atoms with Crippen molar-refractivity contribution in [2.24, 2.45) is 0 Å². The minimum Gasteiger partial charge on any atom is -0.381 e. The Labute approximate surface area is 168 Å². The number of ether oxygens (including phenoxy) is 1. The lowest BCUT2D eigenvalue weighted by molar-refractivity contribution is -0.130. The quantitative estimate of drug-likeness (QED) is 0.503. The van der Waals surface area contributed by atoms with Gasteiger partial charge in [0.1, 0.15) is 0 Å². The van der Waals surface area contributed by atoms with E-state index in [-0.39, 0.29) is 5.91 Å². The number of halogens is 1. The van der Waals surface area contributed by atoms with Crippen molar-refractivity contribution in [3.63, 3.8) is 0 Å². The molecule has 26 heavy (non-hydrogen) atoms. The lowest BCUT2D eigenvalue weighted by Gasteiger charge is -2.36. The highest BCUT2D eigenvalue weighted by atomic mass is 79.9. The number of amides is 1. The van der Waals surface area contributed by atoms with E-state index in [1.807, 2.05) is 30.0 Å². The minimum absolute atomic E-state index is 0.132. The standard InChI is InChI=1S/C21H24BrNO2S/c22-18-9-7-17(8-10-18)21(11-14-25-15-12-21)20(24)23-13-4-16-26-19-5-2-1-3-6-19/h1-3,5-10H,4,11-16H2,(H,23,24). The second-order valence-electron chi connectivity index (χ2n) is 6.47. The molecule has 1 fully saturated rings. The number of hydrogen-bond donors (Lipinski definition) is 1. The molecule has 0 atom stereocenters. The van der Waals surface area contributed by atoms with Crippen LogP contribution in [0.2, 0.25) is 0 Å². The summed E-state index contributed by atoms with van der Waals surface area (Å²) >= 11 is 5.30. The van der Waals surface area contributed by atoms with Gasteiger partial charge in [-0.15, -0.1) is 11.8 Å². The van der Waals surface area contributed by atoms with Gasteiger partial charge in [0.2, 0.25) is 5.91 Å². The molecule has 0 bridgehead atoms. The van der Waals surface area contributed by atoms with E-state index in [1.165, 1.54) is 4.90 Å². The van der Waals surface area contributed by atoms with Gasteiger partial charge in [0.05, 0.1) is 5.41 Å². The molecule has 1 aliphatic rings. The molecule has 1 saturated heterocycles. The third-order valence-electron chi connectivity index (χ3n) is 4.80. The third-order valence-corrected chi connectivity index (χ3v) is 6.42. The largest absolute Gasteiger partial charge is 0.381 e. The van der Waals surface area contributed by atoms with Gasteiger partial charge in [-0.3, -0.25) is 4.79 Å². The zero-order valence-corrected chi connectivity index (χ0v) is 17.2. The van der Waals surface area contributed by atoms with E-state index in [0.717, 1.165) is 35.1 Å². The average molecular weight is 434 g/mol. The molecule has 0 saturated carbocycles. The van der Waals surface area contributed by atoms with Crippen LogP contribution in [-0.4, -0.2) is 31.4 Å². The van der Waals surface area contributed by atoms with Crippen LogP contribution < -0.4 is 5.32 Å². The molecule has 2 aromatic carbocycles. The Morgan fingerprint density at radius 1 is 1.08 bits per heavy atom. The molecule has 0 spiro atoms. The fraction of sp³-hybridized carbons (Fsp3) is 0.381. The fourth-order valence-electron chi connectivity index (χ4n) is 3.29. The summed E-state index contributed by atoms with van der Waals surface area (Å²) in [5.41, 5.74) is 0.617. The first-order valence-electron chi connectivity index (χ1n) is 9.01. The molecule has 3 rings (SSSR count). The Morgan fingerprint density at radius 3 is 2.46 bits per heavy atom. The maximum absolute atomic E-state index is 13.1. The molecule has 1 N–H and O–H groups in total. The van der Waals surface area contributed by atoms with Crippen LogP contribution >= 0.6 is 27.7 Å². The SMILES string of the molecule is O=C(NCCCSc1ccccc1)C1(c2ccc(Br)cc2)CCOCC1. The first-order chi connectivity index (χ1) is 12.7. The summed E-state index contributed by atoms with van der Waals surface area (Å²) in [5, 5.41) is 3.17. The molecule has 0 unspecified atom stereocenters. The number of benzene rings is 2. The molecular formula is C21H24BrNO2S. The molecular weight excluding hydrogens is 410 g/mol. The summed E-state index contributed by atoms with van der Waals surface area (Å²) in [6, 6.07) is 18.5. The molecule has 0 aliphatic carbocycles. The summed E-state index contributed by atoms with van der Waals surface area (Å²) in [4.78, 5) is 14.3. The van der Waals surface area contributed by atoms with Crippen LogP contribution in [0.5, 0.6) is 0 Å². The van der Waals surface area contributed by atoms with Crippen LogP contribution in [0.1, 0.15) is 24.8 Å². The zero-order valence-electron chi connectivity index (χ0n) is 14.7. The Bertz CT molecular complexity index is 700. The maximum atomic E-state index is 13.1. The molecule has 138 valence electrons. The summed E-state index contributed by atoms with van der Waals surface area (Å²) in [6.07, 6.45) is 2.43. The van der Waals surface area contributed by atoms with Crippen molar-refractivity contribution in [1.29, 1.82) is 0 Å². The maximum Gasteiger partial charge on any atom is 0.230 e. The molecule has 1 aliphatic heterocycles. The molecule has 0 aromatic heterocycles. The topological polar surface area (TPSA) is 38.3 Å². The number of rotatable bonds is 7. The fourth-order valence-corrected chi connectivity index (χ4v) is 4.42. The van der Waals surface area contributed by atoms with Gasteiger partial charge >= 0.3 is 0 Å². The van der Waals surface area contributed by atoms with Crippen LogP contribution in [0.15, 0.2) is 64.0 Å².